The lowest BCUT2D eigenvalue weighted by molar-refractivity contribution is -0.167. The molecular weight excluding hydrogens is 321 g/mol. The highest BCUT2D eigenvalue weighted by atomic mass is 19.4. The smallest absolute Gasteiger partial charge is 0.326 e. The summed E-state index contributed by atoms with van der Waals surface area (Å²) >= 11 is 0. The van der Waals surface area contributed by atoms with E-state index in [0.717, 1.165) is 11.1 Å². The first-order valence-corrected chi connectivity index (χ1v) is 7.08. The molecule has 0 saturated heterocycles. The number of hydrogen-bond donors (Lipinski definition) is 2. The van der Waals surface area contributed by atoms with Gasteiger partial charge in [-0.05, 0) is 36.8 Å². The van der Waals surface area contributed by atoms with Crippen LogP contribution in [0.5, 0.6) is 0 Å². The van der Waals surface area contributed by atoms with Gasteiger partial charge in [-0.25, -0.2) is 0 Å². The number of carbonyl (C=O) groups excluding carboxylic acids is 2. The van der Waals surface area contributed by atoms with Crippen molar-refractivity contribution in [3.05, 3.63) is 59.7 Å². The van der Waals surface area contributed by atoms with Crippen LogP contribution >= 0.6 is 0 Å². The molecule has 0 unspecified atom stereocenters. The van der Waals surface area contributed by atoms with Crippen LogP contribution in [0, 0.1) is 6.92 Å². The second kappa shape index (κ2) is 7.16. The summed E-state index contributed by atoms with van der Waals surface area (Å²) in [7, 11) is 0. The Morgan fingerprint density at radius 1 is 0.875 bits per heavy atom. The van der Waals surface area contributed by atoms with E-state index in [0.29, 0.717) is 5.69 Å². The molecule has 0 aliphatic heterocycles. The van der Waals surface area contributed by atoms with Gasteiger partial charge in [0.25, 0.3) is 0 Å². The van der Waals surface area contributed by atoms with E-state index in [1.807, 2.05) is 31.2 Å². The molecule has 0 saturated carbocycles. The molecule has 7 heteroatoms. The van der Waals surface area contributed by atoms with Gasteiger partial charge >= 0.3 is 12.1 Å². The predicted octanol–water partition coefficient (Wildman–Crippen LogP) is 3.68. The molecular formula is C17H15F3N2O2. The van der Waals surface area contributed by atoms with Crippen molar-refractivity contribution in [1.29, 1.82) is 0 Å². The molecule has 0 fully saturated rings. The van der Waals surface area contributed by atoms with Crippen molar-refractivity contribution in [3.8, 4) is 0 Å². The fraction of sp³-hybridized carbons (Fsp3) is 0.176. The molecule has 0 spiro atoms. The van der Waals surface area contributed by atoms with Crippen molar-refractivity contribution >= 4 is 23.2 Å². The molecule has 2 aromatic carbocycles. The molecule has 0 atom stereocenters. The summed E-state index contributed by atoms with van der Waals surface area (Å²) in [5, 5.41) is 4.37. The van der Waals surface area contributed by atoms with Crippen LogP contribution < -0.4 is 10.6 Å². The number of nitrogens with one attached hydrogen (secondary N) is 2. The highest BCUT2D eigenvalue weighted by molar-refractivity contribution is 5.96. The number of hydrogen-bond acceptors (Lipinski definition) is 2. The van der Waals surface area contributed by atoms with Gasteiger partial charge in [0.05, 0.1) is 6.42 Å². The Morgan fingerprint density at radius 3 is 1.88 bits per heavy atom. The SMILES string of the molecule is Cc1ccc(CC(=O)Nc2ccc(NC(=O)C(F)(F)F)cc2)cc1. The van der Waals surface area contributed by atoms with Crippen LogP contribution in [-0.4, -0.2) is 18.0 Å². The zero-order valence-corrected chi connectivity index (χ0v) is 12.8. The molecule has 0 aliphatic rings. The first-order chi connectivity index (χ1) is 11.2. The summed E-state index contributed by atoms with van der Waals surface area (Å²) in [4.78, 5) is 22.7. The maximum atomic E-state index is 12.1. The minimum absolute atomic E-state index is 0.00569. The van der Waals surface area contributed by atoms with Crippen molar-refractivity contribution in [1.82, 2.24) is 0 Å². The molecule has 0 aliphatic carbocycles. The van der Waals surface area contributed by atoms with Crippen molar-refractivity contribution in [2.24, 2.45) is 0 Å². The van der Waals surface area contributed by atoms with Crippen molar-refractivity contribution in [3.63, 3.8) is 0 Å². The first kappa shape index (κ1) is 17.5. The van der Waals surface area contributed by atoms with Gasteiger partial charge in [-0.15, -0.1) is 0 Å². The fourth-order valence-electron chi connectivity index (χ4n) is 1.94. The van der Waals surface area contributed by atoms with Crippen LogP contribution in [0.25, 0.3) is 0 Å². The minimum Gasteiger partial charge on any atom is -0.326 e. The third kappa shape index (κ3) is 5.12. The average Bonchev–Trinajstić information content (AvgIpc) is 2.50. The summed E-state index contributed by atoms with van der Waals surface area (Å²) in [6, 6.07) is 12.9. The van der Waals surface area contributed by atoms with Gasteiger partial charge in [0.2, 0.25) is 5.91 Å². The van der Waals surface area contributed by atoms with Gasteiger partial charge in [0.15, 0.2) is 0 Å². The van der Waals surface area contributed by atoms with Crippen LogP contribution in [0.2, 0.25) is 0 Å². The normalized spacial score (nSPS) is 11.0. The standard InChI is InChI=1S/C17H15F3N2O2/c1-11-2-4-12(5-3-11)10-15(23)21-13-6-8-14(9-7-13)22-16(24)17(18,19)20/h2-9H,10H2,1H3,(H,21,23)(H,22,24). The lowest BCUT2D eigenvalue weighted by atomic mass is 10.1. The van der Waals surface area contributed by atoms with Gasteiger partial charge in [-0.3, -0.25) is 9.59 Å². The quantitative estimate of drug-likeness (QED) is 0.895. The average molecular weight is 336 g/mol. The van der Waals surface area contributed by atoms with Crippen LogP contribution in [-0.2, 0) is 16.0 Å². The van der Waals surface area contributed by atoms with E-state index in [1.165, 1.54) is 24.3 Å². The molecule has 24 heavy (non-hydrogen) atoms. The number of halogens is 3. The molecule has 0 bridgehead atoms. The van der Waals surface area contributed by atoms with E-state index < -0.39 is 12.1 Å². The van der Waals surface area contributed by atoms with E-state index >= 15 is 0 Å². The van der Waals surface area contributed by atoms with E-state index in [2.05, 4.69) is 5.32 Å². The summed E-state index contributed by atoms with van der Waals surface area (Å²) < 4.78 is 36.4. The van der Waals surface area contributed by atoms with Crippen molar-refractivity contribution in [2.45, 2.75) is 19.5 Å². The zero-order valence-electron chi connectivity index (χ0n) is 12.8. The molecule has 2 rings (SSSR count). The van der Waals surface area contributed by atoms with Gasteiger partial charge < -0.3 is 10.6 Å². The molecule has 2 N–H and O–H groups in total. The third-order valence-electron chi connectivity index (χ3n) is 3.17. The molecule has 2 amide bonds. The van der Waals surface area contributed by atoms with Gasteiger partial charge in [0.1, 0.15) is 0 Å². The highest BCUT2D eigenvalue weighted by Gasteiger charge is 2.38. The van der Waals surface area contributed by atoms with Crippen LogP contribution in [0.4, 0.5) is 24.5 Å². The number of carbonyl (C=O) groups is 2. The number of anilines is 2. The molecule has 4 nitrogen and oxygen atoms in total. The van der Waals surface area contributed by atoms with E-state index in [9.17, 15) is 22.8 Å². The summed E-state index contributed by atoms with van der Waals surface area (Å²) in [6.07, 6.45) is -4.76. The van der Waals surface area contributed by atoms with Gasteiger partial charge in [-0.1, -0.05) is 29.8 Å². The number of aryl methyl sites for hydroxylation is 1. The maximum Gasteiger partial charge on any atom is 0.471 e. The molecule has 2 aromatic rings. The molecule has 0 heterocycles. The number of benzene rings is 2. The number of rotatable bonds is 4. The third-order valence-corrected chi connectivity index (χ3v) is 3.17. The Labute approximate surface area is 136 Å². The topological polar surface area (TPSA) is 58.2 Å². The predicted molar refractivity (Wildman–Crippen MR) is 84.6 cm³/mol. The summed E-state index contributed by atoms with van der Waals surface area (Å²) in [5.74, 6) is -2.29. The minimum atomic E-state index is -4.94. The highest BCUT2D eigenvalue weighted by Crippen LogP contribution is 2.19. The second-order valence-electron chi connectivity index (χ2n) is 5.24. The molecule has 0 aromatic heterocycles. The van der Waals surface area contributed by atoms with Crippen LogP contribution in [0.15, 0.2) is 48.5 Å². The number of amides is 2. The maximum absolute atomic E-state index is 12.1. The molecule has 126 valence electrons. The zero-order chi connectivity index (χ0) is 17.7. The first-order valence-electron chi connectivity index (χ1n) is 7.08. The van der Waals surface area contributed by atoms with Crippen molar-refractivity contribution in [2.75, 3.05) is 10.6 Å². The fourth-order valence-corrected chi connectivity index (χ4v) is 1.94. The Balaban J connectivity index is 1.92. The van der Waals surface area contributed by atoms with E-state index in [-0.39, 0.29) is 18.0 Å². The Bertz CT molecular complexity index is 723. The Hall–Kier alpha value is -2.83. The van der Waals surface area contributed by atoms with Crippen LogP contribution in [0.1, 0.15) is 11.1 Å². The summed E-state index contributed by atoms with van der Waals surface area (Å²) in [6.45, 7) is 1.95. The second-order valence-corrected chi connectivity index (χ2v) is 5.24. The van der Waals surface area contributed by atoms with Gasteiger partial charge in [0, 0.05) is 11.4 Å². The lowest BCUT2D eigenvalue weighted by Gasteiger charge is -2.09. The van der Waals surface area contributed by atoms with E-state index in [1.54, 1.807) is 5.32 Å². The Morgan fingerprint density at radius 2 is 1.38 bits per heavy atom. The van der Waals surface area contributed by atoms with Gasteiger partial charge in [-0.2, -0.15) is 13.2 Å². The number of alkyl halides is 3. The Kier molecular flexibility index (Phi) is 5.23. The van der Waals surface area contributed by atoms with Crippen LogP contribution in [0.3, 0.4) is 0 Å². The van der Waals surface area contributed by atoms with Crippen molar-refractivity contribution < 1.29 is 22.8 Å². The largest absolute Gasteiger partial charge is 0.471 e. The van der Waals surface area contributed by atoms with E-state index in [4.69, 9.17) is 0 Å². The monoisotopic (exact) mass is 336 g/mol. The summed E-state index contributed by atoms with van der Waals surface area (Å²) in [5.41, 5.74) is 2.37. The lowest BCUT2D eigenvalue weighted by Crippen LogP contribution is -2.29. The molecule has 0 radical (unpaired) electrons.